The molecule has 1 saturated heterocycles. The second kappa shape index (κ2) is 9.92. The molecule has 36 heavy (non-hydrogen) atoms. The first-order valence-electron chi connectivity index (χ1n) is 11.8. The van der Waals surface area contributed by atoms with Gasteiger partial charge in [-0.05, 0) is 49.9 Å². The summed E-state index contributed by atoms with van der Waals surface area (Å²) < 4.78 is 6.78. The molecule has 0 unspecified atom stereocenters. The second-order valence-corrected chi connectivity index (χ2v) is 8.82. The molecule has 1 aliphatic heterocycles. The molecule has 0 spiro atoms. The Balaban J connectivity index is 1.40. The molecule has 3 aromatic rings. The number of aromatic nitrogens is 3. The van der Waals surface area contributed by atoms with Crippen molar-refractivity contribution in [3.8, 4) is 23.5 Å². The third-order valence-electron chi connectivity index (χ3n) is 6.66. The SMILES string of the molecule is N#CCNC(=O)c1cnc(-c2ccc3cc(C#N)cnn23)cc1N[C@H]1CC[C@H](N2CCOC2=O)CC1. The average Bonchev–Trinajstić information content (AvgIpc) is 3.53. The lowest BCUT2D eigenvalue weighted by Crippen LogP contribution is -2.41. The Bertz CT molecular complexity index is 1390. The normalized spacial score (nSPS) is 19.4. The molecule has 182 valence electrons. The van der Waals surface area contributed by atoms with Crippen molar-refractivity contribution >= 4 is 23.2 Å². The van der Waals surface area contributed by atoms with E-state index >= 15 is 0 Å². The quantitative estimate of drug-likeness (QED) is 0.507. The molecule has 5 rings (SSSR count). The maximum Gasteiger partial charge on any atom is 0.410 e. The number of rotatable bonds is 6. The number of nitrogens with zero attached hydrogens (tertiary/aromatic N) is 6. The summed E-state index contributed by atoms with van der Waals surface area (Å²) in [6.45, 7) is 0.971. The molecule has 4 heterocycles. The summed E-state index contributed by atoms with van der Waals surface area (Å²) in [5.74, 6) is -0.386. The van der Waals surface area contributed by atoms with Crippen LogP contribution in [0.5, 0.6) is 0 Å². The van der Waals surface area contributed by atoms with Crippen molar-refractivity contribution in [1.29, 1.82) is 10.5 Å². The van der Waals surface area contributed by atoms with Gasteiger partial charge in [0.05, 0.1) is 52.5 Å². The number of cyclic esters (lactones) is 1. The minimum absolute atomic E-state index is 0.106. The summed E-state index contributed by atoms with van der Waals surface area (Å²) >= 11 is 0. The van der Waals surface area contributed by atoms with Crippen LogP contribution in [0.1, 0.15) is 41.6 Å². The Morgan fingerprint density at radius 1 is 1.17 bits per heavy atom. The smallest absolute Gasteiger partial charge is 0.410 e. The highest BCUT2D eigenvalue weighted by Gasteiger charge is 2.33. The number of hydrogen-bond acceptors (Lipinski definition) is 8. The van der Waals surface area contributed by atoms with Crippen LogP contribution < -0.4 is 10.6 Å². The minimum Gasteiger partial charge on any atom is -0.448 e. The molecule has 11 heteroatoms. The molecular formula is C25H24N8O3. The average molecular weight is 485 g/mol. The molecule has 2 N–H and O–H groups in total. The zero-order valence-corrected chi connectivity index (χ0v) is 19.5. The number of nitriles is 2. The van der Waals surface area contributed by atoms with Crippen LogP contribution >= 0.6 is 0 Å². The molecule has 1 aliphatic carbocycles. The highest BCUT2D eigenvalue weighted by molar-refractivity contribution is 6.00. The van der Waals surface area contributed by atoms with Crippen LogP contribution in [-0.4, -0.2) is 63.3 Å². The predicted molar refractivity (Wildman–Crippen MR) is 129 cm³/mol. The van der Waals surface area contributed by atoms with Gasteiger partial charge in [0.15, 0.2) is 0 Å². The van der Waals surface area contributed by atoms with Gasteiger partial charge in [0.2, 0.25) is 0 Å². The molecule has 2 fully saturated rings. The lowest BCUT2D eigenvalue weighted by Gasteiger charge is -2.34. The van der Waals surface area contributed by atoms with E-state index in [9.17, 15) is 9.59 Å². The molecule has 2 amide bonds. The molecule has 3 aromatic heterocycles. The topological polar surface area (TPSA) is 148 Å². The standard InChI is InChI=1S/C25H24N8O3/c26-7-8-28-24(34)20-15-29-22(23-6-5-19-11-16(13-27)14-30-33(19)23)12-21(20)31-17-1-3-18(4-2-17)32-9-10-36-25(32)35/h5-6,11-12,14-15,17-18H,1-4,8-10H2,(H,28,34)(H,29,31)/t17-,18-. The van der Waals surface area contributed by atoms with Crippen molar-refractivity contribution in [1.82, 2.24) is 24.8 Å². The van der Waals surface area contributed by atoms with E-state index in [4.69, 9.17) is 15.3 Å². The van der Waals surface area contributed by atoms with Gasteiger partial charge in [-0.3, -0.25) is 9.78 Å². The van der Waals surface area contributed by atoms with Gasteiger partial charge in [0.25, 0.3) is 5.91 Å². The first kappa shape index (κ1) is 23.1. The molecule has 11 nitrogen and oxygen atoms in total. The van der Waals surface area contributed by atoms with E-state index in [0.29, 0.717) is 35.7 Å². The molecule has 0 bridgehead atoms. The fourth-order valence-electron chi connectivity index (χ4n) is 4.85. The van der Waals surface area contributed by atoms with Crippen LogP contribution in [0, 0.1) is 22.7 Å². The first-order chi connectivity index (χ1) is 17.6. The molecule has 0 radical (unpaired) electrons. The van der Waals surface area contributed by atoms with Gasteiger partial charge in [0.1, 0.15) is 19.2 Å². The van der Waals surface area contributed by atoms with Crippen LogP contribution in [0.25, 0.3) is 16.9 Å². The van der Waals surface area contributed by atoms with E-state index in [1.54, 1.807) is 10.6 Å². The van der Waals surface area contributed by atoms with Gasteiger partial charge in [-0.2, -0.15) is 15.6 Å². The summed E-state index contributed by atoms with van der Waals surface area (Å²) in [6.07, 6.45) is 6.10. The number of anilines is 1. The molecule has 0 aromatic carbocycles. The van der Waals surface area contributed by atoms with E-state index in [0.717, 1.165) is 36.9 Å². The number of carbonyl (C=O) groups excluding carboxylic acids is 2. The predicted octanol–water partition coefficient (Wildman–Crippen LogP) is 2.70. The summed E-state index contributed by atoms with van der Waals surface area (Å²) in [7, 11) is 0. The summed E-state index contributed by atoms with van der Waals surface area (Å²) in [6, 6.07) is 11.6. The molecule has 0 atom stereocenters. The summed E-state index contributed by atoms with van der Waals surface area (Å²) in [5.41, 5.74) is 3.51. The molecular weight excluding hydrogens is 460 g/mol. The van der Waals surface area contributed by atoms with Crippen molar-refractivity contribution in [2.75, 3.05) is 25.0 Å². The fourth-order valence-corrected chi connectivity index (χ4v) is 4.85. The Morgan fingerprint density at radius 3 is 2.72 bits per heavy atom. The van der Waals surface area contributed by atoms with E-state index in [-0.39, 0.29) is 30.6 Å². The number of ether oxygens (including phenoxy) is 1. The van der Waals surface area contributed by atoms with Gasteiger partial charge in [-0.15, -0.1) is 0 Å². The maximum atomic E-state index is 12.8. The van der Waals surface area contributed by atoms with E-state index < -0.39 is 0 Å². The third-order valence-corrected chi connectivity index (χ3v) is 6.66. The van der Waals surface area contributed by atoms with Gasteiger partial charge in [-0.25, -0.2) is 9.31 Å². The largest absolute Gasteiger partial charge is 0.448 e. The number of amides is 2. The Morgan fingerprint density at radius 2 is 2.00 bits per heavy atom. The lowest BCUT2D eigenvalue weighted by atomic mass is 9.90. The van der Waals surface area contributed by atoms with Crippen molar-refractivity contribution in [3.05, 3.63) is 47.8 Å². The fraction of sp³-hybridized carbons (Fsp3) is 0.360. The molecule has 2 aliphatic rings. The van der Waals surface area contributed by atoms with E-state index in [1.165, 1.54) is 12.4 Å². The minimum atomic E-state index is -0.386. The van der Waals surface area contributed by atoms with Gasteiger partial charge in [0, 0.05) is 18.3 Å². The number of pyridine rings is 1. The van der Waals surface area contributed by atoms with Gasteiger partial charge < -0.3 is 20.3 Å². The van der Waals surface area contributed by atoms with Crippen molar-refractivity contribution in [2.45, 2.75) is 37.8 Å². The monoisotopic (exact) mass is 484 g/mol. The van der Waals surface area contributed by atoms with Crippen LogP contribution in [0.2, 0.25) is 0 Å². The summed E-state index contributed by atoms with van der Waals surface area (Å²) in [4.78, 5) is 31.0. The van der Waals surface area contributed by atoms with E-state index in [2.05, 4.69) is 26.8 Å². The number of carbonyl (C=O) groups is 2. The van der Waals surface area contributed by atoms with Gasteiger partial charge >= 0.3 is 6.09 Å². The lowest BCUT2D eigenvalue weighted by molar-refractivity contribution is 0.0958. The van der Waals surface area contributed by atoms with Crippen molar-refractivity contribution < 1.29 is 14.3 Å². The van der Waals surface area contributed by atoms with Gasteiger partial charge in [-0.1, -0.05) is 0 Å². The van der Waals surface area contributed by atoms with Crippen LogP contribution in [0.15, 0.2) is 36.7 Å². The Hall–Kier alpha value is -4.64. The van der Waals surface area contributed by atoms with Crippen LogP contribution in [-0.2, 0) is 4.74 Å². The summed E-state index contributed by atoms with van der Waals surface area (Å²) in [5, 5.41) is 28.5. The van der Waals surface area contributed by atoms with Crippen molar-refractivity contribution in [3.63, 3.8) is 0 Å². The molecule has 1 saturated carbocycles. The second-order valence-electron chi connectivity index (χ2n) is 8.82. The number of hydrogen-bond donors (Lipinski definition) is 2. The highest BCUT2D eigenvalue weighted by Crippen LogP contribution is 2.30. The van der Waals surface area contributed by atoms with Crippen molar-refractivity contribution in [2.24, 2.45) is 0 Å². The number of fused-ring (bicyclic) bond motifs is 1. The Labute approximate surface area is 207 Å². The van der Waals surface area contributed by atoms with Crippen LogP contribution in [0.3, 0.4) is 0 Å². The maximum absolute atomic E-state index is 12.8. The number of nitrogens with one attached hydrogen (secondary N) is 2. The first-order valence-corrected chi connectivity index (χ1v) is 11.8. The third kappa shape index (κ3) is 4.51. The zero-order chi connectivity index (χ0) is 25.1. The van der Waals surface area contributed by atoms with Crippen LogP contribution in [0.4, 0.5) is 10.5 Å². The Kier molecular flexibility index (Phi) is 6.37. The zero-order valence-electron chi connectivity index (χ0n) is 19.5. The highest BCUT2D eigenvalue weighted by atomic mass is 16.6. The van der Waals surface area contributed by atoms with E-state index in [1.807, 2.05) is 29.2 Å².